The van der Waals surface area contributed by atoms with Crippen molar-refractivity contribution in [3.8, 4) is 0 Å². The van der Waals surface area contributed by atoms with Crippen molar-refractivity contribution >= 4 is 28.9 Å². The Labute approximate surface area is 104 Å². The summed E-state index contributed by atoms with van der Waals surface area (Å²) in [5.74, 6) is 0. The van der Waals surface area contributed by atoms with Crippen LogP contribution in [-0.4, -0.2) is 4.98 Å². The molecule has 0 fully saturated rings. The van der Waals surface area contributed by atoms with Crippen LogP contribution >= 0.6 is 23.2 Å². The number of halogens is 2. The van der Waals surface area contributed by atoms with Crippen LogP contribution in [0, 0.1) is 0 Å². The largest absolute Gasteiger partial charge is 0.379 e. The molecule has 16 heavy (non-hydrogen) atoms. The molecule has 0 unspecified atom stereocenters. The zero-order valence-electron chi connectivity index (χ0n) is 8.45. The molecule has 2 rings (SSSR count). The first-order valence-electron chi connectivity index (χ1n) is 4.83. The molecule has 0 aliphatic rings. The van der Waals surface area contributed by atoms with E-state index in [2.05, 4.69) is 10.3 Å². The maximum Gasteiger partial charge on any atom is 0.0718 e. The maximum absolute atomic E-state index is 5.99. The average molecular weight is 253 g/mol. The SMILES string of the molecule is Clc1ccc(CNc2cnccc2Cl)cc1. The van der Waals surface area contributed by atoms with Gasteiger partial charge >= 0.3 is 0 Å². The van der Waals surface area contributed by atoms with Crippen LogP contribution in [0.15, 0.2) is 42.7 Å². The number of anilines is 1. The van der Waals surface area contributed by atoms with E-state index in [4.69, 9.17) is 23.2 Å². The Morgan fingerprint density at radius 2 is 1.81 bits per heavy atom. The molecule has 82 valence electrons. The molecular weight excluding hydrogens is 243 g/mol. The van der Waals surface area contributed by atoms with Gasteiger partial charge in [-0.05, 0) is 23.8 Å². The van der Waals surface area contributed by atoms with Crippen molar-refractivity contribution in [3.63, 3.8) is 0 Å². The number of pyridine rings is 1. The van der Waals surface area contributed by atoms with E-state index in [0.29, 0.717) is 11.6 Å². The molecular formula is C12H10Cl2N2. The normalized spacial score (nSPS) is 10.1. The van der Waals surface area contributed by atoms with E-state index in [1.807, 2.05) is 24.3 Å². The molecule has 0 radical (unpaired) electrons. The Kier molecular flexibility index (Phi) is 3.65. The van der Waals surface area contributed by atoms with Gasteiger partial charge in [-0.1, -0.05) is 35.3 Å². The Morgan fingerprint density at radius 3 is 2.50 bits per heavy atom. The van der Waals surface area contributed by atoms with Gasteiger partial charge < -0.3 is 5.32 Å². The fourth-order valence-corrected chi connectivity index (χ4v) is 1.61. The van der Waals surface area contributed by atoms with Crippen LogP contribution < -0.4 is 5.32 Å². The molecule has 0 spiro atoms. The second-order valence-corrected chi connectivity index (χ2v) is 4.18. The van der Waals surface area contributed by atoms with Crippen molar-refractivity contribution in [1.29, 1.82) is 0 Å². The van der Waals surface area contributed by atoms with Crippen molar-refractivity contribution in [1.82, 2.24) is 4.98 Å². The van der Waals surface area contributed by atoms with Crippen LogP contribution in [0.25, 0.3) is 0 Å². The fourth-order valence-electron chi connectivity index (χ4n) is 1.31. The Morgan fingerprint density at radius 1 is 1.06 bits per heavy atom. The zero-order chi connectivity index (χ0) is 11.4. The summed E-state index contributed by atoms with van der Waals surface area (Å²) >= 11 is 11.8. The molecule has 0 amide bonds. The van der Waals surface area contributed by atoms with Gasteiger partial charge in [-0.2, -0.15) is 0 Å². The fraction of sp³-hybridized carbons (Fsp3) is 0.0833. The number of benzene rings is 1. The topological polar surface area (TPSA) is 24.9 Å². The summed E-state index contributed by atoms with van der Waals surface area (Å²) in [4.78, 5) is 4.00. The van der Waals surface area contributed by atoms with Gasteiger partial charge in [-0.3, -0.25) is 4.98 Å². The molecule has 1 N–H and O–H groups in total. The summed E-state index contributed by atoms with van der Waals surface area (Å²) in [6.45, 7) is 0.697. The summed E-state index contributed by atoms with van der Waals surface area (Å²) in [6, 6.07) is 9.43. The lowest BCUT2D eigenvalue weighted by atomic mass is 10.2. The van der Waals surface area contributed by atoms with Crippen LogP contribution in [0.4, 0.5) is 5.69 Å². The van der Waals surface area contributed by atoms with E-state index in [-0.39, 0.29) is 0 Å². The highest BCUT2D eigenvalue weighted by molar-refractivity contribution is 6.33. The lowest BCUT2D eigenvalue weighted by Gasteiger charge is -2.07. The summed E-state index contributed by atoms with van der Waals surface area (Å²) in [5, 5.41) is 4.62. The Balaban J connectivity index is 2.02. The van der Waals surface area contributed by atoms with Gasteiger partial charge in [0.15, 0.2) is 0 Å². The highest BCUT2D eigenvalue weighted by atomic mass is 35.5. The Bertz CT molecular complexity index is 469. The highest BCUT2D eigenvalue weighted by Gasteiger charge is 1.98. The average Bonchev–Trinajstić information content (AvgIpc) is 2.30. The molecule has 0 saturated carbocycles. The predicted octanol–water partition coefficient (Wildman–Crippen LogP) is 4.00. The molecule has 2 nitrogen and oxygen atoms in total. The minimum Gasteiger partial charge on any atom is -0.379 e. The van der Waals surface area contributed by atoms with Gasteiger partial charge in [-0.25, -0.2) is 0 Å². The lowest BCUT2D eigenvalue weighted by Crippen LogP contribution is -1.99. The standard InChI is InChI=1S/C12H10Cl2N2/c13-10-3-1-9(2-4-10)7-16-12-8-15-6-5-11(12)14/h1-6,8,16H,7H2. The third kappa shape index (κ3) is 2.87. The van der Waals surface area contributed by atoms with Gasteiger partial charge in [0.25, 0.3) is 0 Å². The van der Waals surface area contributed by atoms with Crippen LogP contribution in [0.1, 0.15) is 5.56 Å². The number of nitrogens with zero attached hydrogens (tertiary/aromatic N) is 1. The lowest BCUT2D eigenvalue weighted by molar-refractivity contribution is 1.14. The molecule has 0 bridgehead atoms. The first-order valence-corrected chi connectivity index (χ1v) is 5.59. The molecule has 0 atom stereocenters. The van der Waals surface area contributed by atoms with Gasteiger partial charge in [0.05, 0.1) is 16.9 Å². The number of hydrogen-bond acceptors (Lipinski definition) is 2. The number of nitrogens with one attached hydrogen (secondary N) is 1. The zero-order valence-corrected chi connectivity index (χ0v) is 9.96. The predicted molar refractivity (Wildman–Crippen MR) is 68.0 cm³/mol. The summed E-state index contributed by atoms with van der Waals surface area (Å²) in [6.07, 6.45) is 3.37. The van der Waals surface area contributed by atoms with Gasteiger partial charge in [0.2, 0.25) is 0 Å². The van der Waals surface area contributed by atoms with Gasteiger partial charge in [0.1, 0.15) is 0 Å². The van der Waals surface area contributed by atoms with Gasteiger partial charge in [0, 0.05) is 17.8 Å². The van der Waals surface area contributed by atoms with Crippen molar-refractivity contribution in [2.75, 3.05) is 5.32 Å². The molecule has 0 aliphatic carbocycles. The summed E-state index contributed by atoms with van der Waals surface area (Å²) < 4.78 is 0. The van der Waals surface area contributed by atoms with Crippen LogP contribution in [-0.2, 0) is 6.54 Å². The van der Waals surface area contributed by atoms with E-state index in [1.54, 1.807) is 18.5 Å². The monoisotopic (exact) mass is 252 g/mol. The van der Waals surface area contributed by atoms with Crippen LogP contribution in [0.5, 0.6) is 0 Å². The van der Waals surface area contributed by atoms with Crippen molar-refractivity contribution in [2.24, 2.45) is 0 Å². The van der Waals surface area contributed by atoms with Crippen molar-refractivity contribution in [3.05, 3.63) is 58.3 Å². The number of rotatable bonds is 3. The molecule has 2 aromatic rings. The summed E-state index contributed by atoms with van der Waals surface area (Å²) in [7, 11) is 0. The molecule has 4 heteroatoms. The molecule has 1 heterocycles. The third-order valence-electron chi connectivity index (χ3n) is 2.16. The van der Waals surface area contributed by atoms with Crippen LogP contribution in [0.3, 0.4) is 0 Å². The van der Waals surface area contributed by atoms with Gasteiger partial charge in [-0.15, -0.1) is 0 Å². The second-order valence-electron chi connectivity index (χ2n) is 3.34. The second kappa shape index (κ2) is 5.19. The minimum absolute atomic E-state index is 0.670. The third-order valence-corrected chi connectivity index (χ3v) is 2.75. The van der Waals surface area contributed by atoms with E-state index in [0.717, 1.165) is 16.3 Å². The number of hydrogen-bond donors (Lipinski definition) is 1. The molecule has 0 aliphatic heterocycles. The molecule has 1 aromatic heterocycles. The highest BCUT2D eigenvalue weighted by Crippen LogP contribution is 2.20. The Hall–Kier alpha value is -1.25. The minimum atomic E-state index is 0.670. The maximum atomic E-state index is 5.99. The quantitative estimate of drug-likeness (QED) is 0.894. The van der Waals surface area contributed by atoms with E-state index in [1.165, 1.54) is 0 Å². The smallest absolute Gasteiger partial charge is 0.0718 e. The molecule has 0 saturated heterocycles. The van der Waals surface area contributed by atoms with E-state index >= 15 is 0 Å². The first kappa shape index (κ1) is 11.2. The van der Waals surface area contributed by atoms with Crippen molar-refractivity contribution < 1.29 is 0 Å². The summed E-state index contributed by atoms with van der Waals surface area (Å²) in [5.41, 5.74) is 1.98. The van der Waals surface area contributed by atoms with E-state index < -0.39 is 0 Å². The molecule has 1 aromatic carbocycles. The van der Waals surface area contributed by atoms with Crippen LogP contribution in [0.2, 0.25) is 10.0 Å². The number of aromatic nitrogens is 1. The van der Waals surface area contributed by atoms with E-state index in [9.17, 15) is 0 Å². The first-order chi connectivity index (χ1) is 7.75. The van der Waals surface area contributed by atoms with Crippen molar-refractivity contribution in [2.45, 2.75) is 6.54 Å².